The monoisotopic (exact) mass is 281 g/mol. The Morgan fingerprint density at radius 1 is 1.00 bits per heavy atom. The van der Waals surface area contributed by atoms with Crippen LogP contribution in [-0.4, -0.2) is 24.0 Å². The molecule has 2 amide bonds. The minimum absolute atomic E-state index is 0.412. The van der Waals surface area contributed by atoms with E-state index in [0.29, 0.717) is 24.5 Å². The van der Waals surface area contributed by atoms with Crippen LogP contribution in [0.15, 0.2) is 54.6 Å². The number of carbonyl (C=O) groups is 1. The molecule has 0 saturated carbocycles. The van der Waals surface area contributed by atoms with Crippen LogP contribution in [0.3, 0.4) is 0 Å². The fourth-order valence-corrected chi connectivity index (χ4v) is 2.70. The van der Waals surface area contributed by atoms with E-state index in [4.69, 9.17) is 0 Å². The zero-order valence-corrected chi connectivity index (χ0v) is 11.7. The largest absolute Gasteiger partial charge is 0.613 e. The van der Waals surface area contributed by atoms with Gasteiger partial charge in [-0.05, 0) is 31.0 Å². The molecule has 1 heterocycles. The van der Waals surface area contributed by atoms with E-state index in [-0.39, 0.29) is 0 Å². The van der Waals surface area contributed by atoms with Crippen LogP contribution in [0.4, 0.5) is 16.2 Å². The van der Waals surface area contributed by atoms with Gasteiger partial charge >= 0.3 is 6.03 Å². The molecule has 1 unspecified atom stereocenters. The maximum Gasteiger partial charge on any atom is 0.429 e. The standard InChI is InChI=1S/C17H17N2O2/c20-17(18-13-7-8-14-18)19(21,15-9-3-1-4-10-15)16-11-5-2-6-12-16/h1,3-6,9-12H,7-8,13-14H2. The summed E-state index contributed by atoms with van der Waals surface area (Å²) < 4.78 is -1.07. The molecule has 0 spiro atoms. The molecule has 1 atom stereocenters. The van der Waals surface area contributed by atoms with Crippen molar-refractivity contribution in [3.05, 3.63) is 65.9 Å². The summed E-state index contributed by atoms with van der Waals surface area (Å²) in [6, 6.07) is 18.0. The smallest absolute Gasteiger partial charge is 0.429 e. The van der Waals surface area contributed by atoms with E-state index in [9.17, 15) is 10.0 Å². The summed E-state index contributed by atoms with van der Waals surface area (Å²) in [6.07, 6.45) is 1.92. The number of hydrogen-bond acceptors (Lipinski definition) is 2. The van der Waals surface area contributed by atoms with Crippen molar-refractivity contribution in [2.24, 2.45) is 0 Å². The SMILES string of the molecule is O=C(N1CCCC1)[N+]([O-])(c1cc[c]cc1)c1ccccc1. The number of quaternary nitrogens is 1. The van der Waals surface area contributed by atoms with Crippen LogP contribution in [0.2, 0.25) is 0 Å². The Balaban J connectivity index is 2.08. The average molecular weight is 281 g/mol. The highest BCUT2D eigenvalue weighted by molar-refractivity contribution is 5.94. The maximum atomic E-state index is 13.5. The van der Waals surface area contributed by atoms with Crippen LogP contribution in [0.1, 0.15) is 12.8 Å². The van der Waals surface area contributed by atoms with E-state index in [1.165, 1.54) is 0 Å². The van der Waals surface area contributed by atoms with Crippen molar-refractivity contribution in [3.8, 4) is 0 Å². The third kappa shape index (κ3) is 2.44. The molecule has 1 saturated heterocycles. The van der Waals surface area contributed by atoms with Gasteiger partial charge in [-0.1, -0.05) is 18.2 Å². The topological polar surface area (TPSA) is 43.4 Å². The zero-order chi connectivity index (χ0) is 14.7. The van der Waals surface area contributed by atoms with Gasteiger partial charge in [0, 0.05) is 37.4 Å². The summed E-state index contributed by atoms with van der Waals surface area (Å²) in [5.41, 5.74) is 0.845. The number of carbonyl (C=O) groups excluding carboxylic acids is 1. The highest BCUT2D eigenvalue weighted by atomic mass is 16.6. The number of amides is 2. The number of hydroxylamine groups is 1. The van der Waals surface area contributed by atoms with Crippen molar-refractivity contribution in [3.63, 3.8) is 0 Å². The maximum absolute atomic E-state index is 13.5. The summed E-state index contributed by atoms with van der Waals surface area (Å²) in [5, 5.41) is 13.5. The second-order valence-electron chi connectivity index (χ2n) is 5.18. The number of nitrogens with zero attached hydrogens (tertiary/aromatic N) is 2. The van der Waals surface area contributed by atoms with Crippen LogP contribution < -0.4 is 4.65 Å². The lowest BCUT2D eigenvalue weighted by molar-refractivity contribution is 0.193. The van der Waals surface area contributed by atoms with Gasteiger partial charge in [0.15, 0.2) is 0 Å². The first-order chi connectivity index (χ1) is 10.2. The van der Waals surface area contributed by atoms with Gasteiger partial charge in [0.05, 0.1) is 0 Å². The van der Waals surface area contributed by atoms with Crippen LogP contribution >= 0.6 is 0 Å². The Kier molecular flexibility index (Phi) is 3.73. The van der Waals surface area contributed by atoms with Crippen molar-refractivity contribution in [2.45, 2.75) is 12.8 Å². The summed E-state index contributed by atoms with van der Waals surface area (Å²) in [5.74, 6) is 0. The summed E-state index contributed by atoms with van der Waals surface area (Å²) in [6.45, 7) is 1.32. The lowest BCUT2D eigenvalue weighted by Crippen LogP contribution is -2.51. The number of benzene rings is 2. The van der Waals surface area contributed by atoms with Gasteiger partial charge in [-0.3, -0.25) is 4.90 Å². The lowest BCUT2D eigenvalue weighted by Gasteiger charge is -2.40. The Morgan fingerprint density at radius 3 is 2.19 bits per heavy atom. The van der Waals surface area contributed by atoms with Crippen LogP contribution in [0.25, 0.3) is 0 Å². The molecule has 107 valence electrons. The number of likely N-dealkylation sites (tertiary alicyclic amines) is 1. The zero-order valence-electron chi connectivity index (χ0n) is 11.7. The first kappa shape index (κ1) is 13.8. The van der Waals surface area contributed by atoms with Crippen LogP contribution in [0, 0.1) is 11.3 Å². The first-order valence-electron chi connectivity index (χ1n) is 7.15. The highest BCUT2D eigenvalue weighted by Gasteiger charge is 2.38. The second-order valence-corrected chi connectivity index (χ2v) is 5.18. The third-order valence-electron chi connectivity index (χ3n) is 3.83. The van der Waals surface area contributed by atoms with Crippen molar-refractivity contribution in [1.29, 1.82) is 0 Å². The second kappa shape index (κ2) is 5.68. The van der Waals surface area contributed by atoms with Gasteiger partial charge in [0.1, 0.15) is 11.4 Å². The van der Waals surface area contributed by atoms with Gasteiger partial charge in [-0.2, -0.15) is 0 Å². The van der Waals surface area contributed by atoms with E-state index in [1.54, 1.807) is 53.4 Å². The highest BCUT2D eigenvalue weighted by Crippen LogP contribution is 2.35. The molecule has 21 heavy (non-hydrogen) atoms. The fourth-order valence-electron chi connectivity index (χ4n) is 2.70. The molecule has 3 rings (SSSR count). The molecule has 2 aromatic carbocycles. The molecule has 1 fully saturated rings. The van der Waals surface area contributed by atoms with Crippen LogP contribution in [0.5, 0.6) is 0 Å². The molecular weight excluding hydrogens is 264 g/mol. The predicted octanol–water partition coefficient (Wildman–Crippen LogP) is 3.84. The molecular formula is C17H17N2O2. The Hall–Kier alpha value is -2.17. The summed E-state index contributed by atoms with van der Waals surface area (Å²) in [4.78, 5) is 14.5. The van der Waals surface area contributed by atoms with Crippen LogP contribution in [-0.2, 0) is 0 Å². The van der Waals surface area contributed by atoms with Gasteiger partial charge < -0.3 is 5.21 Å². The Bertz CT molecular complexity index is 568. The van der Waals surface area contributed by atoms with Crippen molar-refractivity contribution in [1.82, 2.24) is 9.55 Å². The minimum atomic E-state index is -1.07. The minimum Gasteiger partial charge on any atom is -0.613 e. The lowest BCUT2D eigenvalue weighted by atomic mass is 10.2. The molecule has 0 bridgehead atoms. The average Bonchev–Trinajstić information content (AvgIpc) is 3.09. The third-order valence-corrected chi connectivity index (χ3v) is 3.83. The normalized spacial score (nSPS) is 15.2. The van der Waals surface area contributed by atoms with Crippen molar-refractivity contribution in [2.75, 3.05) is 13.1 Å². The molecule has 1 aliphatic rings. The quantitative estimate of drug-likeness (QED) is 0.620. The summed E-state index contributed by atoms with van der Waals surface area (Å²) in [7, 11) is 0. The van der Waals surface area contributed by atoms with E-state index in [1.807, 2.05) is 6.07 Å². The number of hydrogen-bond donors (Lipinski definition) is 0. The van der Waals surface area contributed by atoms with E-state index in [0.717, 1.165) is 12.8 Å². The first-order valence-corrected chi connectivity index (χ1v) is 7.15. The number of para-hydroxylation sites is 1. The molecule has 0 N–H and O–H groups in total. The van der Waals surface area contributed by atoms with Crippen molar-refractivity contribution >= 4 is 17.4 Å². The van der Waals surface area contributed by atoms with E-state index < -0.39 is 10.7 Å². The van der Waals surface area contributed by atoms with E-state index >= 15 is 0 Å². The molecule has 4 heteroatoms. The van der Waals surface area contributed by atoms with Gasteiger partial charge in [-0.25, -0.2) is 9.44 Å². The summed E-state index contributed by atoms with van der Waals surface area (Å²) >= 11 is 0. The van der Waals surface area contributed by atoms with Gasteiger partial charge in [0.2, 0.25) is 0 Å². The molecule has 2 aromatic rings. The van der Waals surface area contributed by atoms with Gasteiger partial charge in [-0.15, -0.1) is 0 Å². The van der Waals surface area contributed by atoms with E-state index in [2.05, 4.69) is 6.07 Å². The number of rotatable bonds is 2. The Labute approximate surface area is 124 Å². The molecule has 1 radical (unpaired) electrons. The fraction of sp³-hybridized carbons (Fsp3) is 0.235. The molecule has 1 aliphatic heterocycles. The van der Waals surface area contributed by atoms with Gasteiger partial charge in [0.25, 0.3) is 0 Å². The predicted molar refractivity (Wildman–Crippen MR) is 82.7 cm³/mol. The molecule has 0 aromatic heterocycles. The molecule has 0 aliphatic carbocycles. The Morgan fingerprint density at radius 2 is 1.57 bits per heavy atom. The number of urea groups is 1. The van der Waals surface area contributed by atoms with Crippen molar-refractivity contribution < 1.29 is 4.79 Å². The molecule has 4 nitrogen and oxygen atoms in total.